The molecule has 0 nitrogen and oxygen atoms in total. The van der Waals surface area contributed by atoms with Crippen molar-refractivity contribution < 1.29 is 0 Å². The van der Waals surface area contributed by atoms with Crippen LogP contribution in [-0.2, 0) is 0 Å². The third-order valence-electron chi connectivity index (χ3n) is 1.39. The van der Waals surface area contributed by atoms with Gasteiger partial charge in [-0.05, 0) is 0 Å². The molecule has 0 radical (unpaired) electrons. The zero-order valence-corrected chi connectivity index (χ0v) is 12.7. The van der Waals surface area contributed by atoms with Crippen LogP contribution in [-0.4, -0.2) is 97.9 Å². The van der Waals surface area contributed by atoms with Crippen molar-refractivity contribution in [3.8, 4) is 0 Å². The van der Waals surface area contributed by atoms with Gasteiger partial charge in [-0.25, -0.2) is 0 Å². The summed E-state index contributed by atoms with van der Waals surface area (Å²) in [6, 6.07) is 0. The van der Waals surface area contributed by atoms with Gasteiger partial charge in [-0.2, -0.15) is 0 Å². The monoisotopic (exact) mass is 162 g/mol. The Morgan fingerprint density at radius 3 is 2.25 bits per heavy atom. The second kappa shape index (κ2) is 8.37. The molecule has 0 saturated carbocycles. The van der Waals surface area contributed by atoms with Crippen molar-refractivity contribution in [3.05, 3.63) is 0 Å². The Hall–Kier alpha value is 3.27. The van der Waals surface area contributed by atoms with Gasteiger partial charge in [-0.1, -0.05) is 0 Å². The molecule has 0 aromatic rings. The zero-order chi connectivity index (χ0) is 6.41. The second-order valence-electron chi connectivity index (χ2n) is 2.89. The first-order valence-corrected chi connectivity index (χ1v) is 7.38. The Morgan fingerprint density at radius 2 is 1.88 bits per heavy atom. The van der Waals surface area contributed by atoms with Crippen molar-refractivity contribution in [2.24, 2.45) is 0 Å². The van der Waals surface area contributed by atoms with Crippen LogP contribution in [0.5, 0.6) is 0 Å². The molecular formula is C6H12K2. The average molecular weight is 162 g/mol. The van der Waals surface area contributed by atoms with E-state index in [0.717, 1.165) is 97.9 Å². The quantitative estimate of drug-likeness (QED) is 0.435. The Morgan fingerprint density at radius 1 is 1.25 bits per heavy atom. The summed E-state index contributed by atoms with van der Waals surface area (Å²) in [6.07, 6.45) is 5.97. The average Bonchev–Trinajstić information content (AvgIpc) is 1.66. The molecule has 0 N–H and O–H groups in total. The molecule has 0 aliphatic heterocycles. The summed E-state index contributed by atoms with van der Waals surface area (Å²) in [5, 5.41) is 0. The molecule has 0 aliphatic carbocycles. The Balaban J connectivity index is 2.72. The molecule has 0 amide bonds. The summed E-state index contributed by atoms with van der Waals surface area (Å²) in [7, 11) is 0. The molecule has 0 heterocycles. The van der Waals surface area contributed by atoms with Gasteiger partial charge in [0.2, 0.25) is 0 Å². The Labute approximate surface area is 121 Å². The van der Waals surface area contributed by atoms with Crippen molar-refractivity contribution in [1.29, 1.82) is 0 Å². The normalized spacial score (nSPS) is 10.8. The van der Waals surface area contributed by atoms with E-state index in [1.165, 1.54) is 13.4 Å². The molecule has 0 fully saturated rings. The Bertz CT molecular complexity index is 43.8. The van der Waals surface area contributed by atoms with E-state index in [0.29, 0.717) is 0 Å². The first-order chi connectivity index (χ1) is 3.77. The first-order valence-electron chi connectivity index (χ1n) is 3.77. The van der Waals surface area contributed by atoms with Crippen molar-refractivity contribution >= 4 is 97.9 Å². The fourth-order valence-electron chi connectivity index (χ4n) is 0.803. The maximum absolute atomic E-state index is 2.28. The molecule has 8 heavy (non-hydrogen) atoms. The fraction of sp³-hybridized carbons (Fsp3) is 1.00. The van der Waals surface area contributed by atoms with Crippen LogP contribution >= 0.6 is 0 Å². The van der Waals surface area contributed by atoms with Gasteiger partial charge in [0.15, 0.2) is 0 Å². The van der Waals surface area contributed by atoms with Gasteiger partial charge in [0.1, 0.15) is 0 Å². The molecule has 0 bridgehead atoms. The molecule has 0 aromatic carbocycles. The van der Waals surface area contributed by atoms with Crippen LogP contribution in [0.15, 0.2) is 0 Å². The van der Waals surface area contributed by atoms with E-state index < -0.39 is 0 Å². The molecule has 0 saturated heterocycles. The van der Waals surface area contributed by atoms with Gasteiger partial charge >= 0.3 is 125 Å². The number of unbranched alkanes of at least 4 members (excludes halogenated alkanes) is 2. The molecule has 0 spiro atoms. The SMILES string of the molecule is CCCCC[CH]([K])[K]. The van der Waals surface area contributed by atoms with Gasteiger partial charge in [-0.15, -0.1) is 0 Å². The summed E-state index contributed by atoms with van der Waals surface area (Å²) < 4.78 is 1.28. The van der Waals surface area contributed by atoms with E-state index in [-0.39, 0.29) is 0 Å². The molecule has 0 aromatic heterocycles. The van der Waals surface area contributed by atoms with Crippen LogP contribution in [0.2, 0.25) is -5.89 Å². The van der Waals surface area contributed by atoms with Crippen LogP contribution in [0.1, 0.15) is 32.6 Å². The van der Waals surface area contributed by atoms with E-state index >= 15 is 0 Å². The van der Waals surface area contributed by atoms with Gasteiger partial charge in [0.05, 0.1) is 0 Å². The number of hydrogen-bond acceptors (Lipinski definition) is 0. The van der Waals surface area contributed by atoms with Gasteiger partial charge in [0, 0.05) is 0 Å². The third-order valence-corrected chi connectivity index (χ3v) is 3.19. The third kappa shape index (κ3) is 9.27. The summed E-state index contributed by atoms with van der Waals surface area (Å²) in [5.74, 6) is 0. The summed E-state index contributed by atoms with van der Waals surface area (Å²) in [4.78, 5) is 0. The van der Waals surface area contributed by atoms with Gasteiger partial charge in [-0.3, -0.25) is 0 Å². The molecule has 0 unspecified atom stereocenters. The summed E-state index contributed by atoms with van der Waals surface area (Å²) in [6.45, 7) is 2.28. The van der Waals surface area contributed by atoms with Crippen molar-refractivity contribution in [3.63, 3.8) is 0 Å². The van der Waals surface area contributed by atoms with E-state index in [4.69, 9.17) is 0 Å². The van der Waals surface area contributed by atoms with E-state index in [9.17, 15) is 0 Å². The molecular weight excluding hydrogens is 150 g/mol. The summed E-state index contributed by atoms with van der Waals surface area (Å²) >= 11 is 2.31. The standard InChI is InChI=1S/C6H12.2K/c1-3-5-6-4-2;;/h1H,3-6H2,2H3;;. The van der Waals surface area contributed by atoms with Crippen LogP contribution in [0.3, 0.4) is 0 Å². The number of rotatable bonds is 4. The first kappa shape index (κ1) is 11.3. The fourth-order valence-corrected chi connectivity index (χ4v) is 2.08. The van der Waals surface area contributed by atoms with Crippen molar-refractivity contribution in [1.82, 2.24) is 0 Å². The predicted molar refractivity (Wildman–Crippen MR) is 39.4 cm³/mol. The molecule has 2 heteroatoms. The van der Waals surface area contributed by atoms with E-state index in [1.807, 2.05) is 0 Å². The van der Waals surface area contributed by atoms with Gasteiger partial charge in [0.25, 0.3) is 0 Å². The summed E-state index contributed by atoms with van der Waals surface area (Å²) in [5.41, 5.74) is 0. The molecule has 0 rings (SSSR count). The van der Waals surface area contributed by atoms with Crippen LogP contribution in [0.25, 0.3) is 0 Å². The topological polar surface area (TPSA) is 0 Å². The Kier molecular flexibility index (Phi) is 11.8. The molecule has 38 valence electrons. The van der Waals surface area contributed by atoms with Crippen LogP contribution in [0, 0.1) is 0 Å². The molecule has 0 atom stereocenters. The van der Waals surface area contributed by atoms with Crippen molar-refractivity contribution in [2.75, 3.05) is 0 Å². The van der Waals surface area contributed by atoms with Crippen LogP contribution in [0.4, 0.5) is 0 Å². The maximum atomic E-state index is 2.28. The number of hydrogen-bond donors (Lipinski definition) is 0. The van der Waals surface area contributed by atoms with Crippen molar-refractivity contribution in [2.45, 2.75) is 26.7 Å². The predicted octanol–water partition coefficient (Wildman–Crippen LogP) is 1.65. The minimum atomic E-state index is 1.15. The van der Waals surface area contributed by atoms with Gasteiger partial charge < -0.3 is 0 Å². The van der Waals surface area contributed by atoms with Crippen LogP contribution < -0.4 is 0 Å². The minimum absolute atomic E-state index is 1.15. The van der Waals surface area contributed by atoms with E-state index in [2.05, 4.69) is 6.92 Å². The van der Waals surface area contributed by atoms with E-state index in [1.54, 1.807) is 6.42 Å². The molecule has 0 aliphatic rings. The second-order valence-corrected chi connectivity index (χ2v) is 14.7. The zero-order valence-electron chi connectivity index (χ0n) is 6.41.